The minimum atomic E-state index is 0.0722. The zero-order valence-electron chi connectivity index (χ0n) is 19.1. The number of anilines is 1. The van der Waals surface area contributed by atoms with Gasteiger partial charge in [-0.3, -0.25) is 9.69 Å². The number of para-hydroxylation sites is 1. The number of aromatic nitrogens is 1. The number of aliphatic imine (C=N–C) groups is 1. The molecule has 1 fully saturated rings. The summed E-state index contributed by atoms with van der Waals surface area (Å²) < 4.78 is 0. The van der Waals surface area contributed by atoms with Crippen molar-refractivity contribution >= 4 is 28.6 Å². The highest BCUT2D eigenvalue weighted by Gasteiger charge is 2.21. The van der Waals surface area contributed by atoms with Gasteiger partial charge in [0.05, 0.1) is 18.6 Å². The smallest absolute Gasteiger partial charge is 0.233 e. The van der Waals surface area contributed by atoms with Gasteiger partial charge in [-0.15, -0.1) is 0 Å². The second-order valence-corrected chi connectivity index (χ2v) is 8.11. The van der Waals surface area contributed by atoms with Crippen molar-refractivity contribution < 1.29 is 4.79 Å². The van der Waals surface area contributed by atoms with E-state index >= 15 is 0 Å². The van der Waals surface area contributed by atoms with Gasteiger partial charge < -0.3 is 20.9 Å². The third kappa shape index (κ3) is 6.30. The van der Waals surface area contributed by atoms with Crippen LogP contribution in [0.2, 0.25) is 0 Å². The van der Waals surface area contributed by atoms with Crippen molar-refractivity contribution in [1.29, 1.82) is 0 Å². The first-order valence-electron chi connectivity index (χ1n) is 11.0. The van der Waals surface area contributed by atoms with Crippen molar-refractivity contribution in [3.8, 4) is 0 Å². The molecule has 8 heteroatoms. The van der Waals surface area contributed by atoms with Crippen molar-refractivity contribution in [1.82, 2.24) is 25.8 Å². The molecule has 8 nitrogen and oxygen atoms in total. The van der Waals surface area contributed by atoms with Gasteiger partial charge in [0.1, 0.15) is 5.82 Å². The molecule has 1 amide bonds. The largest absolute Gasteiger partial charge is 0.363 e. The average molecular weight is 426 g/mol. The van der Waals surface area contributed by atoms with Crippen molar-refractivity contribution in [2.24, 2.45) is 4.99 Å². The summed E-state index contributed by atoms with van der Waals surface area (Å²) in [6.45, 7) is 5.75. The average Bonchev–Trinajstić information content (AvgIpc) is 2.78. The Bertz CT molecular complexity index is 904. The minimum Gasteiger partial charge on any atom is -0.363 e. The Morgan fingerprint density at radius 3 is 2.68 bits per heavy atom. The number of hydrogen-bond acceptors (Lipinski definition) is 5. The van der Waals surface area contributed by atoms with Gasteiger partial charge in [-0.25, -0.2) is 9.98 Å². The molecule has 0 atom stereocenters. The molecule has 3 rings (SSSR count). The van der Waals surface area contributed by atoms with Crippen LogP contribution in [0.1, 0.15) is 25.3 Å². The highest BCUT2D eigenvalue weighted by molar-refractivity contribution is 5.85. The SMILES string of the molecule is CCNC(=NCc1cc(N(C)C)nc2ccccc12)NC1CCN(CC(=O)NC)CC1. The second-order valence-electron chi connectivity index (χ2n) is 8.11. The predicted octanol–water partition coefficient (Wildman–Crippen LogP) is 1.57. The lowest BCUT2D eigenvalue weighted by Crippen LogP contribution is -2.50. The molecule has 3 N–H and O–H groups in total. The number of likely N-dealkylation sites (tertiary alicyclic amines) is 1. The van der Waals surface area contributed by atoms with Crippen LogP contribution in [0.5, 0.6) is 0 Å². The summed E-state index contributed by atoms with van der Waals surface area (Å²) in [7, 11) is 5.70. The lowest BCUT2D eigenvalue weighted by Gasteiger charge is -2.32. The lowest BCUT2D eigenvalue weighted by molar-refractivity contribution is -0.122. The summed E-state index contributed by atoms with van der Waals surface area (Å²) in [4.78, 5) is 25.4. The molecule has 1 aromatic carbocycles. The number of carbonyl (C=O) groups is 1. The molecule has 0 spiro atoms. The number of fused-ring (bicyclic) bond motifs is 1. The molecule has 0 unspecified atom stereocenters. The fourth-order valence-electron chi connectivity index (χ4n) is 3.79. The second kappa shape index (κ2) is 10.9. The van der Waals surface area contributed by atoms with Gasteiger partial charge >= 0.3 is 0 Å². The van der Waals surface area contributed by atoms with Crippen LogP contribution in [0, 0.1) is 0 Å². The van der Waals surface area contributed by atoms with Crippen LogP contribution in [0.25, 0.3) is 10.9 Å². The van der Waals surface area contributed by atoms with E-state index in [0.29, 0.717) is 19.1 Å². The maximum Gasteiger partial charge on any atom is 0.233 e. The van der Waals surface area contributed by atoms with Crippen LogP contribution in [-0.4, -0.2) is 75.1 Å². The van der Waals surface area contributed by atoms with Gasteiger partial charge in [0.2, 0.25) is 5.91 Å². The molecule has 0 saturated carbocycles. The number of likely N-dealkylation sites (N-methyl/N-ethyl adjacent to an activating group) is 1. The number of nitrogens with one attached hydrogen (secondary N) is 3. The summed E-state index contributed by atoms with van der Waals surface area (Å²) in [5.74, 6) is 1.84. The summed E-state index contributed by atoms with van der Waals surface area (Å²) in [5.41, 5.74) is 2.15. The molecule has 168 valence electrons. The number of amides is 1. The number of nitrogens with zero attached hydrogens (tertiary/aromatic N) is 4. The third-order valence-corrected chi connectivity index (χ3v) is 5.57. The Balaban J connectivity index is 1.69. The zero-order valence-corrected chi connectivity index (χ0v) is 19.1. The quantitative estimate of drug-likeness (QED) is 0.461. The van der Waals surface area contributed by atoms with E-state index in [-0.39, 0.29) is 5.91 Å². The molecular formula is C23H35N7O. The van der Waals surface area contributed by atoms with Crippen LogP contribution in [0.4, 0.5) is 5.82 Å². The summed E-state index contributed by atoms with van der Waals surface area (Å²) in [6, 6.07) is 10.7. The minimum absolute atomic E-state index is 0.0722. The van der Waals surface area contributed by atoms with E-state index in [1.54, 1.807) is 7.05 Å². The first-order valence-corrected chi connectivity index (χ1v) is 11.0. The van der Waals surface area contributed by atoms with E-state index in [2.05, 4.69) is 39.9 Å². The summed E-state index contributed by atoms with van der Waals surface area (Å²) in [6.07, 6.45) is 1.98. The monoisotopic (exact) mass is 425 g/mol. The number of carbonyl (C=O) groups excluding carboxylic acids is 1. The van der Waals surface area contributed by atoms with Gasteiger partial charge in [-0.2, -0.15) is 0 Å². The molecule has 2 aromatic rings. The Morgan fingerprint density at radius 1 is 1.26 bits per heavy atom. The fourth-order valence-corrected chi connectivity index (χ4v) is 3.79. The summed E-state index contributed by atoms with van der Waals surface area (Å²) >= 11 is 0. The van der Waals surface area contributed by atoms with Crippen molar-refractivity contribution in [3.05, 3.63) is 35.9 Å². The maximum absolute atomic E-state index is 11.6. The topological polar surface area (TPSA) is 84.9 Å². The van der Waals surface area contributed by atoms with Crippen LogP contribution < -0.4 is 20.9 Å². The van der Waals surface area contributed by atoms with E-state index in [9.17, 15) is 4.79 Å². The molecule has 0 radical (unpaired) electrons. The van der Waals surface area contributed by atoms with E-state index in [4.69, 9.17) is 9.98 Å². The van der Waals surface area contributed by atoms with Crippen molar-refractivity contribution in [2.75, 3.05) is 52.2 Å². The molecule has 1 aromatic heterocycles. The lowest BCUT2D eigenvalue weighted by atomic mass is 10.1. The van der Waals surface area contributed by atoms with Crippen LogP contribution in [0.3, 0.4) is 0 Å². The molecule has 1 aliphatic rings. The fraction of sp³-hybridized carbons (Fsp3) is 0.522. The van der Waals surface area contributed by atoms with Gasteiger partial charge in [0.25, 0.3) is 0 Å². The molecule has 0 aliphatic carbocycles. The maximum atomic E-state index is 11.6. The Morgan fingerprint density at radius 2 is 2.00 bits per heavy atom. The Kier molecular flexibility index (Phi) is 8.06. The van der Waals surface area contributed by atoms with Gasteiger partial charge in [-0.05, 0) is 37.5 Å². The number of hydrogen-bond donors (Lipinski definition) is 3. The Hall–Kier alpha value is -2.87. The highest BCUT2D eigenvalue weighted by Crippen LogP contribution is 2.22. The highest BCUT2D eigenvalue weighted by atomic mass is 16.1. The van der Waals surface area contributed by atoms with Crippen molar-refractivity contribution in [2.45, 2.75) is 32.4 Å². The van der Waals surface area contributed by atoms with E-state index in [0.717, 1.165) is 60.7 Å². The van der Waals surface area contributed by atoms with E-state index < -0.39 is 0 Å². The van der Waals surface area contributed by atoms with Gasteiger partial charge in [0.15, 0.2) is 5.96 Å². The number of pyridine rings is 1. The van der Waals surface area contributed by atoms with Crippen LogP contribution in [-0.2, 0) is 11.3 Å². The number of rotatable bonds is 7. The third-order valence-electron chi connectivity index (χ3n) is 5.57. The first-order chi connectivity index (χ1) is 15.0. The van der Waals surface area contributed by atoms with E-state index in [1.165, 1.54) is 0 Å². The predicted molar refractivity (Wildman–Crippen MR) is 128 cm³/mol. The molecular weight excluding hydrogens is 390 g/mol. The molecule has 0 bridgehead atoms. The van der Waals surface area contributed by atoms with E-state index in [1.807, 2.05) is 37.2 Å². The number of benzene rings is 1. The molecule has 2 heterocycles. The van der Waals surface area contributed by atoms with Gasteiger partial charge in [-0.1, -0.05) is 18.2 Å². The van der Waals surface area contributed by atoms with Gasteiger partial charge in [0, 0.05) is 52.2 Å². The normalized spacial score (nSPS) is 15.7. The summed E-state index contributed by atoms with van der Waals surface area (Å²) in [5, 5.41) is 10.8. The standard InChI is InChI=1S/C23H35N7O/c1-5-25-23(27-18-10-12-30(13-11-18)16-22(31)24-2)26-15-17-14-21(29(3)4)28-20-9-7-6-8-19(17)20/h6-9,14,18H,5,10-13,15-16H2,1-4H3,(H,24,31)(H2,25,26,27). The Labute approximate surface area is 185 Å². The molecule has 31 heavy (non-hydrogen) atoms. The van der Waals surface area contributed by atoms with Crippen molar-refractivity contribution in [3.63, 3.8) is 0 Å². The number of guanidine groups is 1. The molecule has 1 saturated heterocycles. The molecule has 1 aliphatic heterocycles. The zero-order chi connectivity index (χ0) is 22.2. The first kappa shape index (κ1) is 22.8. The van der Waals surface area contributed by atoms with Crippen LogP contribution in [0.15, 0.2) is 35.3 Å². The van der Waals surface area contributed by atoms with Crippen LogP contribution >= 0.6 is 0 Å². The number of piperidine rings is 1.